The lowest BCUT2D eigenvalue weighted by molar-refractivity contribution is -0.117. The number of benzene rings is 3. The molecule has 0 spiro atoms. The molecule has 0 bridgehead atoms. The summed E-state index contributed by atoms with van der Waals surface area (Å²) in [4.78, 5) is 12.7. The molecule has 1 N–H and O–H groups in total. The lowest BCUT2D eigenvalue weighted by atomic mass is 9.95. The van der Waals surface area contributed by atoms with Crippen LogP contribution in [0.25, 0.3) is 16.8 Å². The summed E-state index contributed by atoms with van der Waals surface area (Å²) < 4.78 is 12.6. The van der Waals surface area contributed by atoms with Crippen molar-refractivity contribution in [3.63, 3.8) is 0 Å². The minimum atomic E-state index is -0.320. The number of carbonyl (C=O) groups is 1. The van der Waals surface area contributed by atoms with Gasteiger partial charge < -0.3 is 14.8 Å². The third-order valence-corrected chi connectivity index (χ3v) is 6.92. The number of halogens is 1. The Morgan fingerprint density at radius 1 is 1.15 bits per heavy atom. The van der Waals surface area contributed by atoms with Crippen molar-refractivity contribution in [2.75, 3.05) is 7.11 Å². The fourth-order valence-corrected chi connectivity index (χ4v) is 5.14. The van der Waals surface area contributed by atoms with E-state index in [1.807, 2.05) is 30.3 Å². The number of rotatable bonds is 7. The lowest BCUT2D eigenvalue weighted by Crippen LogP contribution is -2.36. The highest BCUT2D eigenvalue weighted by atomic mass is 127. The van der Waals surface area contributed by atoms with Crippen molar-refractivity contribution in [3.8, 4) is 17.6 Å². The van der Waals surface area contributed by atoms with E-state index in [1.165, 1.54) is 11.8 Å². The van der Waals surface area contributed by atoms with Gasteiger partial charge in [-0.05, 0) is 75.5 Å². The highest BCUT2D eigenvalue weighted by Gasteiger charge is 2.19. The predicted molar refractivity (Wildman–Crippen MR) is 143 cm³/mol. The third kappa shape index (κ3) is 5.71. The fourth-order valence-electron chi connectivity index (χ4n) is 4.36. The molecular formula is C28H27IN2O3. The molecule has 1 amide bonds. The Morgan fingerprint density at radius 2 is 1.91 bits per heavy atom. The van der Waals surface area contributed by atoms with Gasteiger partial charge in [-0.15, -0.1) is 0 Å². The molecule has 5 nitrogen and oxygen atoms in total. The first kappa shape index (κ1) is 24.1. The smallest absolute Gasteiger partial charge is 0.262 e. The monoisotopic (exact) mass is 566 g/mol. The summed E-state index contributed by atoms with van der Waals surface area (Å²) in [5, 5.41) is 14.9. The van der Waals surface area contributed by atoms with Crippen LogP contribution in [0.15, 0.2) is 60.2 Å². The summed E-state index contributed by atoms with van der Waals surface area (Å²) in [6, 6.07) is 20.3. The zero-order valence-electron chi connectivity index (χ0n) is 19.1. The Kier molecular flexibility index (Phi) is 8.07. The third-order valence-electron chi connectivity index (χ3n) is 6.12. The average Bonchev–Trinajstić information content (AvgIpc) is 2.86. The Hall–Kier alpha value is -3.05. The Balaban J connectivity index is 1.54. The number of hydrogen-bond donors (Lipinski definition) is 1. The van der Waals surface area contributed by atoms with Gasteiger partial charge in [0.25, 0.3) is 5.91 Å². The second-order valence-electron chi connectivity index (χ2n) is 8.44. The van der Waals surface area contributed by atoms with Crippen molar-refractivity contribution in [2.24, 2.45) is 0 Å². The van der Waals surface area contributed by atoms with Crippen LogP contribution in [0.3, 0.4) is 0 Å². The van der Waals surface area contributed by atoms with Crippen molar-refractivity contribution in [3.05, 3.63) is 74.9 Å². The number of amides is 1. The van der Waals surface area contributed by atoms with Crippen LogP contribution in [0.2, 0.25) is 0 Å². The largest absolute Gasteiger partial charge is 0.493 e. The summed E-state index contributed by atoms with van der Waals surface area (Å²) in [7, 11) is 1.59. The van der Waals surface area contributed by atoms with Crippen LogP contribution in [0.4, 0.5) is 0 Å². The number of nitrogens with zero attached hydrogens (tertiary/aromatic N) is 1. The van der Waals surface area contributed by atoms with Crippen molar-refractivity contribution in [1.82, 2.24) is 5.32 Å². The topological polar surface area (TPSA) is 71.3 Å². The SMILES string of the molecule is COc1cc(/C=C(\C#N)C(=O)NC2CCCCC2)cc(I)c1OCc1cccc2ccccc12. The molecule has 0 atom stereocenters. The van der Waals surface area contributed by atoms with E-state index in [-0.39, 0.29) is 17.5 Å². The van der Waals surface area contributed by atoms with E-state index in [4.69, 9.17) is 9.47 Å². The molecule has 1 saturated carbocycles. The average molecular weight is 566 g/mol. The number of nitriles is 1. The maximum Gasteiger partial charge on any atom is 0.262 e. The summed E-state index contributed by atoms with van der Waals surface area (Å²) in [5.41, 5.74) is 1.90. The molecule has 0 radical (unpaired) electrons. The van der Waals surface area contributed by atoms with Crippen LogP contribution in [-0.2, 0) is 11.4 Å². The molecule has 4 rings (SSSR count). The summed E-state index contributed by atoms with van der Waals surface area (Å²) in [6.45, 7) is 0.399. The van der Waals surface area contributed by atoms with E-state index >= 15 is 0 Å². The van der Waals surface area contributed by atoms with Gasteiger partial charge in [0.1, 0.15) is 18.2 Å². The van der Waals surface area contributed by atoms with Crippen LogP contribution in [0.1, 0.15) is 43.2 Å². The first-order valence-electron chi connectivity index (χ1n) is 11.5. The number of methoxy groups -OCH3 is 1. The molecule has 6 heteroatoms. The molecule has 3 aromatic carbocycles. The van der Waals surface area contributed by atoms with Gasteiger partial charge in [0, 0.05) is 6.04 Å². The second-order valence-corrected chi connectivity index (χ2v) is 9.60. The van der Waals surface area contributed by atoms with Crippen molar-refractivity contribution in [2.45, 2.75) is 44.8 Å². The first-order chi connectivity index (χ1) is 16.6. The maximum atomic E-state index is 12.7. The van der Waals surface area contributed by atoms with E-state index in [0.717, 1.165) is 40.2 Å². The van der Waals surface area contributed by atoms with Gasteiger partial charge >= 0.3 is 0 Å². The molecule has 0 saturated heterocycles. The van der Waals surface area contributed by atoms with Gasteiger partial charge in [0.05, 0.1) is 10.7 Å². The summed E-state index contributed by atoms with van der Waals surface area (Å²) in [5.74, 6) is 0.876. The molecule has 1 fully saturated rings. The lowest BCUT2D eigenvalue weighted by Gasteiger charge is -2.22. The summed E-state index contributed by atoms with van der Waals surface area (Å²) >= 11 is 2.20. The molecule has 1 aliphatic carbocycles. The summed E-state index contributed by atoms with van der Waals surface area (Å²) in [6.07, 6.45) is 6.99. The minimum absolute atomic E-state index is 0.0906. The highest BCUT2D eigenvalue weighted by Crippen LogP contribution is 2.35. The number of hydrogen-bond acceptors (Lipinski definition) is 4. The Morgan fingerprint density at radius 3 is 2.68 bits per heavy atom. The number of nitrogens with one attached hydrogen (secondary N) is 1. The standard InChI is InChI=1S/C28H27IN2O3/c1-33-26-16-19(14-22(17-30)28(32)31-23-11-3-2-4-12-23)15-25(29)27(26)34-18-21-10-7-9-20-8-5-6-13-24(20)21/h5-10,13-16,23H,2-4,11-12,18H2,1H3,(H,31,32)/b22-14+. The molecule has 0 aromatic heterocycles. The van der Waals surface area contributed by atoms with E-state index in [9.17, 15) is 10.1 Å². The molecular weight excluding hydrogens is 539 g/mol. The van der Waals surface area contributed by atoms with E-state index in [2.05, 4.69) is 52.2 Å². The Bertz CT molecular complexity index is 1250. The second kappa shape index (κ2) is 11.4. The van der Waals surface area contributed by atoms with Gasteiger partial charge in [-0.25, -0.2) is 0 Å². The number of ether oxygens (including phenoxy) is 2. The quantitative estimate of drug-likeness (QED) is 0.205. The molecule has 0 heterocycles. The van der Waals surface area contributed by atoms with Crippen LogP contribution in [0.5, 0.6) is 11.5 Å². The van der Waals surface area contributed by atoms with Gasteiger partial charge in [-0.1, -0.05) is 61.7 Å². The molecule has 34 heavy (non-hydrogen) atoms. The molecule has 1 aliphatic rings. The molecule has 174 valence electrons. The zero-order valence-corrected chi connectivity index (χ0v) is 21.3. The van der Waals surface area contributed by atoms with Crippen LogP contribution >= 0.6 is 22.6 Å². The fraction of sp³-hybridized carbons (Fsp3) is 0.286. The molecule has 0 unspecified atom stereocenters. The zero-order chi connectivity index (χ0) is 23.9. The minimum Gasteiger partial charge on any atom is -0.493 e. The van der Waals surface area contributed by atoms with Crippen molar-refractivity contribution >= 4 is 45.3 Å². The molecule has 3 aromatic rings. The number of fused-ring (bicyclic) bond motifs is 1. The molecule has 0 aliphatic heterocycles. The van der Waals surface area contributed by atoms with Crippen LogP contribution < -0.4 is 14.8 Å². The maximum absolute atomic E-state index is 12.7. The van der Waals surface area contributed by atoms with E-state index in [1.54, 1.807) is 19.3 Å². The number of carbonyl (C=O) groups excluding carboxylic acids is 1. The predicted octanol–water partition coefficient (Wildman–Crippen LogP) is 6.39. The van der Waals surface area contributed by atoms with Gasteiger partial charge in [-0.2, -0.15) is 5.26 Å². The Labute approximate surface area is 213 Å². The normalized spacial score (nSPS) is 14.4. The van der Waals surface area contributed by atoms with Gasteiger partial charge in [0.15, 0.2) is 11.5 Å². The van der Waals surface area contributed by atoms with Crippen molar-refractivity contribution < 1.29 is 14.3 Å². The van der Waals surface area contributed by atoms with E-state index < -0.39 is 0 Å². The van der Waals surface area contributed by atoms with Crippen LogP contribution in [0, 0.1) is 14.9 Å². The highest BCUT2D eigenvalue weighted by molar-refractivity contribution is 14.1. The van der Waals surface area contributed by atoms with Gasteiger partial charge in [0.2, 0.25) is 0 Å². The van der Waals surface area contributed by atoms with Crippen molar-refractivity contribution in [1.29, 1.82) is 5.26 Å². The van der Waals surface area contributed by atoms with Crippen LogP contribution in [-0.4, -0.2) is 19.1 Å². The van der Waals surface area contributed by atoms with E-state index in [0.29, 0.717) is 23.7 Å². The first-order valence-corrected chi connectivity index (χ1v) is 12.6. The van der Waals surface area contributed by atoms with Gasteiger partial charge in [-0.3, -0.25) is 4.79 Å².